The first-order chi connectivity index (χ1) is 8.96. The second-order valence-corrected chi connectivity index (χ2v) is 5.68. The van der Waals surface area contributed by atoms with Gasteiger partial charge in [-0.05, 0) is 24.6 Å². The maximum atomic E-state index is 11.7. The number of esters is 1. The van der Waals surface area contributed by atoms with Crippen molar-refractivity contribution in [3.63, 3.8) is 0 Å². The van der Waals surface area contributed by atoms with E-state index in [-0.39, 0.29) is 25.4 Å². The topological polar surface area (TPSA) is 92.7 Å². The van der Waals surface area contributed by atoms with Crippen molar-refractivity contribution in [3.05, 3.63) is 29.8 Å². The van der Waals surface area contributed by atoms with E-state index < -0.39 is 16.0 Å². The highest BCUT2D eigenvalue weighted by molar-refractivity contribution is 7.92. The second kappa shape index (κ2) is 7.10. The van der Waals surface area contributed by atoms with Crippen molar-refractivity contribution in [3.8, 4) is 0 Å². The summed E-state index contributed by atoms with van der Waals surface area (Å²) >= 11 is 0. The maximum Gasteiger partial charge on any atom is 0.306 e. The molecule has 0 aliphatic heterocycles. The third kappa shape index (κ3) is 5.71. The van der Waals surface area contributed by atoms with E-state index in [1.54, 1.807) is 25.1 Å². The van der Waals surface area contributed by atoms with Crippen LogP contribution in [0.1, 0.15) is 18.9 Å². The van der Waals surface area contributed by atoms with Crippen LogP contribution in [-0.2, 0) is 26.2 Å². The Kier molecular flexibility index (Phi) is 5.78. The Labute approximate surface area is 112 Å². The Morgan fingerprint density at radius 3 is 2.79 bits per heavy atom. The fourth-order valence-electron chi connectivity index (χ4n) is 1.41. The molecule has 106 valence electrons. The Balaban J connectivity index is 2.61. The summed E-state index contributed by atoms with van der Waals surface area (Å²) in [7, 11) is -3.61. The van der Waals surface area contributed by atoms with Crippen LogP contribution in [-0.4, -0.2) is 31.9 Å². The number of anilines is 1. The lowest BCUT2D eigenvalue weighted by Crippen LogP contribution is -2.20. The van der Waals surface area contributed by atoms with Gasteiger partial charge >= 0.3 is 5.97 Å². The summed E-state index contributed by atoms with van der Waals surface area (Å²) in [5.74, 6) is -0.883. The number of rotatable bonds is 7. The molecule has 6 nitrogen and oxygen atoms in total. The minimum atomic E-state index is -3.61. The van der Waals surface area contributed by atoms with Gasteiger partial charge in [0.2, 0.25) is 10.0 Å². The van der Waals surface area contributed by atoms with Gasteiger partial charge < -0.3 is 9.84 Å². The number of sulfonamides is 1. The number of hydrogen-bond donors (Lipinski definition) is 2. The van der Waals surface area contributed by atoms with Crippen LogP contribution in [0.25, 0.3) is 0 Å². The third-order valence-corrected chi connectivity index (χ3v) is 3.55. The molecule has 0 aromatic heterocycles. The van der Waals surface area contributed by atoms with Crippen molar-refractivity contribution < 1.29 is 23.1 Å². The number of carbonyl (C=O) groups is 1. The Bertz CT molecular complexity index is 527. The molecule has 0 amide bonds. The minimum absolute atomic E-state index is 0.168. The molecule has 0 aliphatic rings. The Morgan fingerprint density at radius 2 is 2.16 bits per heavy atom. The number of aliphatic hydroxyl groups is 1. The van der Waals surface area contributed by atoms with Crippen LogP contribution in [0.15, 0.2) is 24.3 Å². The molecule has 0 bridgehead atoms. The fourth-order valence-corrected chi connectivity index (χ4v) is 2.44. The first-order valence-electron chi connectivity index (χ1n) is 5.82. The van der Waals surface area contributed by atoms with E-state index in [1.165, 1.54) is 6.07 Å². The van der Waals surface area contributed by atoms with Gasteiger partial charge in [-0.3, -0.25) is 9.52 Å². The molecule has 2 N–H and O–H groups in total. The van der Waals surface area contributed by atoms with Gasteiger partial charge in [-0.1, -0.05) is 12.1 Å². The van der Waals surface area contributed by atoms with Crippen molar-refractivity contribution in [1.82, 2.24) is 0 Å². The molecule has 1 rings (SSSR count). The molecular weight excluding hydrogens is 270 g/mol. The first kappa shape index (κ1) is 15.5. The smallest absolute Gasteiger partial charge is 0.306 e. The van der Waals surface area contributed by atoms with E-state index in [1.807, 2.05) is 0 Å². The van der Waals surface area contributed by atoms with Crippen LogP contribution in [0, 0.1) is 0 Å². The van der Waals surface area contributed by atoms with Gasteiger partial charge in [-0.25, -0.2) is 8.42 Å². The van der Waals surface area contributed by atoms with E-state index in [0.29, 0.717) is 11.3 Å². The minimum Gasteiger partial charge on any atom is -0.466 e. The van der Waals surface area contributed by atoms with Crippen molar-refractivity contribution in [1.29, 1.82) is 0 Å². The summed E-state index contributed by atoms with van der Waals surface area (Å²) in [5.41, 5.74) is 0.959. The van der Waals surface area contributed by atoms with Crippen molar-refractivity contribution in [2.45, 2.75) is 20.0 Å². The van der Waals surface area contributed by atoms with Crippen molar-refractivity contribution in [2.75, 3.05) is 17.1 Å². The van der Waals surface area contributed by atoms with E-state index in [9.17, 15) is 13.2 Å². The Hall–Kier alpha value is -1.60. The molecule has 19 heavy (non-hydrogen) atoms. The molecule has 0 atom stereocenters. The molecular formula is C12H17NO5S. The highest BCUT2D eigenvalue weighted by Gasteiger charge is 2.14. The van der Waals surface area contributed by atoms with E-state index in [2.05, 4.69) is 9.46 Å². The molecule has 1 aromatic carbocycles. The number of nitrogens with one attached hydrogen (secondary N) is 1. The molecule has 0 spiro atoms. The standard InChI is InChI=1S/C12H17NO5S/c1-2-18-12(15)6-7-19(16,17)13-11-5-3-4-10(8-11)9-14/h3-5,8,13-14H,2,6-7,9H2,1H3. The zero-order valence-corrected chi connectivity index (χ0v) is 11.4. The second-order valence-electron chi connectivity index (χ2n) is 3.83. The van der Waals surface area contributed by atoms with Crippen LogP contribution >= 0.6 is 0 Å². The van der Waals surface area contributed by atoms with Gasteiger partial charge in [0, 0.05) is 5.69 Å². The fraction of sp³-hybridized carbons (Fsp3) is 0.417. The van der Waals surface area contributed by atoms with Gasteiger partial charge in [-0.15, -0.1) is 0 Å². The zero-order chi connectivity index (χ0) is 14.3. The van der Waals surface area contributed by atoms with Crippen LogP contribution in [0.2, 0.25) is 0 Å². The summed E-state index contributed by atoms with van der Waals surface area (Å²) in [4.78, 5) is 11.1. The van der Waals surface area contributed by atoms with E-state index >= 15 is 0 Å². The number of aliphatic hydroxyl groups excluding tert-OH is 1. The quantitative estimate of drug-likeness (QED) is 0.726. The lowest BCUT2D eigenvalue weighted by molar-refractivity contribution is -0.142. The first-order valence-corrected chi connectivity index (χ1v) is 7.48. The zero-order valence-electron chi connectivity index (χ0n) is 10.6. The van der Waals surface area contributed by atoms with Gasteiger partial charge in [0.25, 0.3) is 0 Å². The maximum absolute atomic E-state index is 11.7. The highest BCUT2D eigenvalue weighted by Crippen LogP contribution is 2.12. The number of ether oxygens (including phenoxy) is 1. The predicted octanol–water partition coefficient (Wildman–Crippen LogP) is 0.874. The summed E-state index contributed by atoms with van der Waals surface area (Å²) in [6.45, 7) is 1.72. The van der Waals surface area contributed by atoms with E-state index in [0.717, 1.165) is 0 Å². The summed E-state index contributed by atoms with van der Waals surface area (Å²) in [5, 5.41) is 8.96. The van der Waals surface area contributed by atoms with Gasteiger partial charge in [-0.2, -0.15) is 0 Å². The molecule has 0 saturated heterocycles. The normalized spacial score (nSPS) is 11.1. The average molecular weight is 287 g/mol. The molecule has 0 aliphatic carbocycles. The summed E-state index contributed by atoms with van der Waals surface area (Å²) < 4.78 is 30.5. The average Bonchev–Trinajstić information content (AvgIpc) is 2.37. The van der Waals surface area contributed by atoms with Gasteiger partial charge in [0.05, 0.1) is 25.4 Å². The predicted molar refractivity (Wildman–Crippen MR) is 71.0 cm³/mol. The molecule has 0 radical (unpaired) electrons. The van der Waals surface area contributed by atoms with E-state index in [4.69, 9.17) is 5.11 Å². The van der Waals surface area contributed by atoms with Gasteiger partial charge in [0.15, 0.2) is 0 Å². The number of hydrogen-bond acceptors (Lipinski definition) is 5. The Morgan fingerprint density at radius 1 is 1.42 bits per heavy atom. The van der Waals surface area contributed by atoms with Crippen LogP contribution in [0.4, 0.5) is 5.69 Å². The third-order valence-electron chi connectivity index (χ3n) is 2.26. The molecule has 0 saturated carbocycles. The lowest BCUT2D eigenvalue weighted by Gasteiger charge is -2.08. The highest BCUT2D eigenvalue weighted by atomic mass is 32.2. The molecule has 0 fully saturated rings. The van der Waals surface area contributed by atoms with Crippen LogP contribution < -0.4 is 4.72 Å². The van der Waals surface area contributed by atoms with Crippen LogP contribution in [0.3, 0.4) is 0 Å². The molecule has 0 unspecified atom stereocenters. The lowest BCUT2D eigenvalue weighted by atomic mass is 10.2. The SMILES string of the molecule is CCOC(=O)CCS(=O)(=O)Nc1cccc(CO)c1. The van der Waals surface area contributed by atoms with Crippen molar-refractivity contribution in [2.24, 2.45) is 0 Å². The molecule has 1 aromatic rings. The monoisotopic (exact) mass is 287 g/mol. The summed E-state index contributed by atoms with van der Waals surface area (Å²) in [6.07, 6.45) is -0.192. The molecule has 0 heterocycles. The summed E-state index contributed by atoms with van der Waals surface area (Å²) in [6, 6.07) is 6.41. The van der Waals surface area contributed by atoms with Crippen LogP contribution in [0.5, 0.6) is 0 Å². The molecule has 7 heteroatoms. The number of carbonyl (C=O) groups excluding carboxylic acids is 1. The van der Waals surface area contributed by atoms with Gasteiger partial charge in [0.1, 0.15) is 0 Å². The number of benzene rings is 1. The van der Waals surface area contributed by atoms with Crippen molar-refractivity contribution >= 4 is 21.7 Å². The largest absolute Gasteiger partial charge is 0.466 e.